The second-order valence-corrected chi connectivity index (χ2v) is 4.97. The molecule has 0 aliphatic heterocycles. The van der Waals surface area contributed by atoms with Crippen LogP contribution in [0.25, 0.3) is 11.4 Å². The number of hydrogen-bond donors (Lipinski definition) is 0. The lowest BCUT2D eigenvalue weighted by atomic mass is 10.2. The van der Waals surface area contributed by atoms with Crippen LogP contribution in [-0.2, 0) is 7.05 Å². The standard InChI is InChI=1S/C17H16N4O/c1-20(14-9-6-10-18-11-14)17(22)15-12-19-16(21(15)2)13-7-4-3-5-8-13/h3-12H,1-2H3. The summed E-state index contributed by atoms with van der Waals surface area (Å²) in [5.41, 5.74) is 2.26. The number of anilines is 1. The summed E-state index contributed by atoms with van der Waals surface area (Å²) in [6.45, 7) is 0. The minimum Gasteiger partial charge on any atom is -0.323 e. The van der Waals surface area contributed by atoms with Gasteiger partial charge < -0.3 is 9.47 Å². The van der Waals surface area contributed by atoms with Crippen molar-refractivity contribution >= 4 is 11.6 Å². The van der Waals surface area contributed by atoms with Gasteiger partial charge in [-0.25, -0.2) is 4.98 Å². The number of nitrogens with zero attached hydrogens (tertiary/aromatic N) is 4. The van der Waals surface area contributed by atoms with E-state index in [0.29, 0.717) is 5.69 Å². The van der Waals surface area contributed by atoms with Crippen molar-refractivity contribution in [2.45, 2.75) is 0 Å². The van der Waals surface area contributed by atoms with Gasteiger partial charge in [0.15, 0.2) is 0 Å². The summed E-state index contributed by atoms with van der Waals surface area (Å²) in [5, 5.41) is 0. The van der Waals surface area contributed by atoms with E-state index in [0.717, 1.165) is 17.1 Å². The number of aromatic nitrogens is 3. The summed E-state index contributed by atoms with van der Waals surface area (Å²) < 4.78 is 1.81. The van der Waals surface area contributed by atoms with Crippen molar-refractivity contribution in [3.63, 3.8) is 0 Å². The van der Waals surface area contributed by atoms with Crippen LogP contribution in [0.15, 0.2) is 61.1 Å². The molecule has 0 fully saturated rings. The molecule has 0 saturated carbocycles. The first-order valence-corrected chi connectivity index (χ1v) is 6.93. The van der Waals surface area contributed by atoms with Crippen LogP contribution in [0, 0.1) is 0 Å². The predicted octanol–water partition coefficient (Wildman–Crippen LogP) is 2.76. The van der Waals surface area contributed by atoms with E-state index >= 15 is 0 Å². The first kappa shape index (κ1) is 14.0. The number of hydrogen-bond acceptors (Lipinski definition) is 3. The molecule has 1 amide bonds. The second kappa shape index (κ2) is 5.81. The van der Waals surface area contributed by atoms with Gasteiger partial charge in [0.1, 0.15) is 11.5 Å². The Balaban J connectivity index is 1.93. The second-order valence-electron chi connectivity index (χ2n) is 4.97. The first-order chi connectivity index (χ1) is 10.7. The maximum absolute atomic E-state index is 12.6. The Labute approximate surface area is 128 Å². The zero-order valence-corrected chi connectivity index (χ0v) is 12.5. The van der Waals surface area contributed by atoms with Gasteiger partial charge in [-0.15, -0.1) is 0 Å². The van der Waals surface area contributed by atoms with Crippen molar-refractivity contribution in [2.24, 2.45) is 7.05 Å². The molecule has 3 rings (SSSR count). The number of carbonyl (C=O) groups excluding carboxylic acids is 1. The van der Waals surface area contributed by atoms with E-state index in [-0.39, 0.29) is 5.91 Å². The van der Waals surface area contributed by atoms with E-state index in [1.807, 2.05) is 48.0 Å². The molecule has 0 aliphatic carbocycles. The summed E-state index contributed by atoms with van der Waals surface area (Å²) >= 11 is 0. The van der Waals surface area contributed by atoms with Crippen LogP contribution in [-0.4, -0.2) is 27.5 Å². The summed E-state index contributed by atoms with van der Waals surface area (Å²) in [7, 11) is 3.58. The predicted molar refractivity (Wildman–Crippen MR) is 85.6 cm³/mol. The van der Waals surface area contributed by atoms with Crippen molar-refractivity contribution < 1.29 is 4.79 Å². The smallest absolute Gasteiger partial charge is 0.276 e. The van der Waals surface area contributed by atoms with Gasteiger partial charge in [-0.1, -0.05) is 30.3 Å². The fraction of sp³-hybridized carbons (Fsp3) is 0.118. The molecule has 110 valence electrons. The number of benzene rings is 1. The van der Waals surface area contributed by atoms with Gasteiger partial charge >= 0.3 is 0 Å². The molecule has 2 heterocycles. The summed E-state index contributed by atoms with van der Waals surface area (Å²) in [6.07, 6.45) is 4.95. The Morgan fingerprint density at radius 2 is 1.86 bits per heavy atom. The van der Waals surface area contributed by atoms with E-state index in [9.17, 15) is 4.79 Å². The first-order valence-electron chi connectivity index (χ1n) is 6.93. The zero-order chi connectivity index (χ0) is 15.5. The van der Waals surface area contributed by atoms with Crippen molar-refractivity contribution in [2.75, 3.05) is 11.9 Å². The van der Waals surface area contributed by atoms with Crippen LogP contribution < -0.4 is 4.90 Å². The Hall–Kier alpha value is -2.95. The SMILES string of the molecule is CN(C(=O)c1cnc(-c2ccccc2)n1C)c1cccnc1. The van der Waals surface area contributed by atoms with Crippen molar-refractivity contribution in [1.82, 2.24) is 14.5 Å². The van der Waals surface area contributed by atoms with Crippen LogP contribution >= 0.6 is 0 Å². The van der Waals surface area contributed by atoms with Crippen molar-refractivity contribution in [3.8, 4) is 11.4 Å². The molecule has 0 unspecified atom stereocenters. The lowest BCUT2D eigenvalue weighted by molar-refractivity contribution is 0.0985. The maximum Gasteiger partial charge on any atom is 0.276 e. The van der Waals surface area contributed by atoms with Gasteiger partial charge in [-0.05, 0) is 12.1 Å². The van der Waals surface area contributed by atoms with E-state index in [1.165, 1.54) is 0 Å². The fourth-order valence-corrected chi connectivity index (χ4v) is 2.30. The molecule has 0 saturated heterocycles. The molecule has 0 radical (unpaired) electrons. The Kier molecular flexibility index (Phi) is 3.70. The highest BCUT2D eigenvalue weighted by molar-refractivity contribution is 6.04. The van der Waals surface area contributed by atoms with E-state index in [1.54, 1.807) is 36.6 Å². The van der Waals surface area contributed by atoms with Crippen molar-refractivity contribution in [1.29, 1.82) is 0 Å². The molecule has 0 N–H and O–H groups in total. The zero-order valence-electron chi connectivity index (χ0n) is 12.5. The largest absolute Gasteiger partial charge is 0.323 e. The van der Waals surface area contributed by atoms with Crippen LogP contribution in [0.1, 0.15) is 10.5 Å². The Morgan fingerprint density at radius 1 is 1.09 bits per heavy atom. The number of imidazole rings is 1. The van der Waals surface area contributed by atoms with Gasteiger partial charge in [-0.2, -0.15) is 0 Å². The third-order valence-corrected chi connectivity index (χ3v) is 3.58. The molecular formula is C17H16N4O. The third-order valence-electron chi connectivity index (χ3n) is 3.58. The van der Waals surface area contributed by atoms with Crippen LogP contribution in [0.3, 0.4) is 0 Å². The summed E-state index contributed by atoms with van der Waals surface area (Å²) in [6, 6.07) is 13.5. The van der Waals surface area contributed by atoms with E-state index in [2.05, 4.69) is 9.97 Å². The molecule has 22 heavy (non-hydrogen) atoms. The number of amides is 1. The molecule has 0 aliphatic rings. The molecule has 0 atom stereocenters. The minimum atomic E-state index is -0.120. The van der Waals surface area contributed by atoms with E-state index < -0.39 is 0 Å². The van der Waals surface area contributed by atoms with E-state index in [4.69, 9.17) is 0 Å². The average Bonchev–Trinajstić information content (AvgIpc) is 2.96. The number of pyridine rings is 1. The highest BCUT2D eigenvalue weighted by Gasteiger charge is 2.19. The highest BCUT2D eigenvalue weighted by Crippen LogP contribution is 2.20. The van der Waals surface area contributed by atoms with Crippen molar-refractivity contribution in [3.05, 3.63) is 66.7 Å². The van der Waals surface area contributed by atoms with Crippen LogP contribution in [0.4, 0.5) is 5.69 Å². The lowest BCUT2D eigenvalue weighted by Crippen LogP contribution is -2.28. The Bertz CT molecular complexity index is 781. The average molecular weight is 292 g/mol. The monoisotopic (exact) mass is 292 g/mol. The summed E-state index contributed by atoms with van der Waals surface area (Å²) in [5.74, 6) is 0.647. The van der Waals surface area contributed by atoms with Gasteiger partial charge in [0.05, 0.1) is 18.1 Å². The molecule has 1 aromatic carbocycles. The number of carbonyl (C=O) groups is 1. The lowest BCUT2D eigenvalue weighted by Gasteiger charge is -2.17. The number of rotatable bonds is 3. The molecule has 0 spiro atoms. The minimum absolute atomic E-state index is 0.120. The normalized spacial score (nSPS) is 10.5. The molecular weight excluding hydrogens is 276 g/mol. The van der Waals surface area contributed by atoms with Gasteiger partial charge in [-0.3, -0.25) is 9.78 Å². The molecule has 5 nitrogen and oxygen atoms in total. The molecule has 5 heteroatoms. The van der Waals surface area contributed by atoms with Gasteiger partial charge in [0, 0.05) is 25.9 Å². The molecule has 3 aromatic rings. The molecule has 0 bridgehead atoms. The third kappa shape index (κ3) is 2.48. The summed E-state index contributed by atoms with van der Waals surface area (Å²) in [4.78, 5) is 22.6. The van der Waals surface area contributed by atoms with Gasteiger partial charge in [0.25, 0.3) is 5.91 Å². The fourth-order valence-electron chi connectivity index (χ4n) is 2.30. The van der Waals surface area contributed by atoms with Crippen LogP contribution in [0.2, 0.25) is 0 Å². The quantitative estimate of drug-likeness (QED) is 0.746. The Morgan fingerprint density at radius 3 is 2.55 bits per heavy atom. The topological polar surface area (TPSA) is 51.0 Å². The highest BCUT2D eigenvalue weighted by atomic mass is 16.2. The maximum atomic E-state index is 12.6. The van der Waals surface area contributed by atoms with Crippen LogP contribution in [0.5, 0.6) is 0 Å². The molecule has 2 aromatic heterocycles. The van der Waals surface area contributed by atoms with Gasteiger partial charge in [0.2, 0.25) is 0 Å².